The van der Waals surface area contributed by atoms with E-state index in [0.29, 0.717) is 13.2 Å². The monoisotopic (exact) mass is 340 g/mol. The summed E-state index contributed by atoms with van der Waals surface area (Å²) in [7, 11) is 0. The average Bonchev–Trinajstić information content (AvgIpc) is 2.64. The standard InChI is InChI=1S/C20H24N2O3/c1-15-7-8-17(14-23)11-18(15)21-20(24)19-13-22(9-10-25-19)12-16-5-3-2-4-6-16/h2-8,11,19,23H,9-10,12-14H2,1H3,(H,21,24)/t19-/m1/s1. The van der Waals surface area contributed by atoms with Crippen molar-refractivity contribution < 1.29 is 14.6 Å². The van der Waals surface area contributed by atoms with Gasteiger partial charge >= 0.3 is 0 Å². The van der Waals surface area contributed by atoms with Crippen LogP contribution < -0.4 is 5.32 Å². The predicted octanol–water partition coefficient (Wildman–Crippen LogP) is 2.33. The first kappa shape index (κ1) is 17.6. The summed E-state index contributed by atoms with van der Waals surface area (Å²) < 4.78 is 5.67. The first-order valence-electron chi connectivity index (χ1n) is 8.55. The molecule has 1 amide bonds. The van der Waals surface area contributed by atoms with Crippen molar-refractivity contribution in [1.82, 2.24) is 4.90 Å². The van der Waals surface area contributed by atoms with Gasteiger partial charge in [-0.2, -0.15) is 0 Å². The normalized spacial score (nSPS) is 18.1. The molecule has 1 atom stereocenters. The molecule has 0 spiro atoms. The third kappa shape index (κ3) is 4.66. The van der Waals surface area contributed by atoms with E-state index in [-0.39, 0.29) is 12.5 Å². The molecule has 5 nitrogen and oxygen atoms in total. The maximum atomic E-state index is 12.6. The molecule has 0 aliphatic carbocycles. The molecule has 0 unspecified atom stereocenters. The number of aliphatic hydroxyl groups is 1. The minimum absolute atomic E-state index is 0.0477. The molecule has 132 valence electrons. The Hall–Kier alpha value is -2.21. The Balaban J connectivity index is 1.62. The highest BCUT2D eigenvalue weighted by molar-refractivity contribution is 5.95. The van der Waals surface area contributed by atoms with E-state index in [4.69, 9.17) is 4.74 Å². The molecule has 1 aliphatic heterocycles. The average molecular weight is 340 g/mol. The lowest BCUT2D eigenvalue weighted by Gasteiger charge is -2.32. The first-order chi connectivity index (χ1) is 12.2. The Labute approximate surface area is 148 Å². The number of nitrogens with zero attached hydrogens (tertiary/aromatic N) is 1. The van der Waals surface area contributed by atoms with Crippen LogP contribution >= 0.6 is 0 Å². The Morgan fingerprint density at radius 3 is 2.80 bits per heavy atom. The molecule has 0 aromatic heterocycles. The molecule has 0 radical (unpaired) electrons. The van der Waals surface area contributed by atoms with Crippen molar-refractivity contribution in [1.29, 1.82) is 0 Å². The van der Waals surface area contributed by atoms with Gasteiger partial charge in [-0.15, -0.1) is 0 Å². The fourth-order valence-electron chi connectivity index (χ4n) is 2.96. The Kier molecular flexibility index (Phi) is 5.81. The van der Waals surface area contributed by atoms with E-state index in [1.165, 1.54) is 5.56 Å². The molecule has 1 heterocycles. The van der Waals surface area contributed by atoms with Crippen molar-refractivity contribution in [2.45, 2.75) is 26.2 Å². The highest BCUT2D eigenvalue weighted by Gasteiger charge is 2.27. The molecule has 1 fully saturated rings. The molecule has 2 aromatic carbocycles. The molecular weight excluding hydrogens is 316 g/mol. The van der Waals surface area contributed by atoms with Crippen molar-refractivity contribution in [2.24, 2.45) is 0 Å². The molecule has 5 heteroatoms. The second kappa shape index (κ2) is 8.25. The van der Waals surface area contributed by atoms with Crippen LogP contribution in [0.5, 0.6) is 0 Å². The minimum Gasteiger partial charge on any atom is -0.392 e. The SMILES string of the molecule is Cc1ccc(CO)cc1NC(=O)[C@H]1CN(Cc2ccccc2)CCO1. The Bertz CT molecular complexity index is 718. The van der Waals surface area contributed by atoms with Gasteiger partial charge in [-0.3, -0.25) is 9.69 Å². The number of morpholine rings is 1. The van der Waals surface area contributed by atoms with Gasteiger partial charge in [-0.1, -0.05) is 42.5 Å². The van der Waals surface area contributed by atoms with E-state index in [9.17, 15) is 9.90 Å². The lowest BCUT2D eigenvalue weighted by Crippen LogP contribution is -2.47. The van der Waals surface area contributed by atoms with Gasteiger partial charge in [0.2, 0.25) is 0 Å². The number of nitrogens with one attached hydrogen (secondary N) is 1. The van der Waals surface area contributed by atoms with E-state index in [2.05, 4.69) is 22.3 Å². The van der Waals surface area contributed by atoms with Gasteiger partial charge in [0.15, 0.2) is 0 Å². The fraction of sp³-hybridized carbons (Fsp3) is 0.350. The Morgan fingerprint density at radius 1 is 1.24 bits per heavy atom. The Morgan fingerprint density at radius 2 is 2.04 bits per heavy atom. The molecule has 0 bridgehead atoms. The maximum absolute atomic E-state index is 12.6. The number of aryl methyl sites for hydroxylation is 1. The lowest BCUT2D eigenvalue weighted by atomic mass is 10.1. The van der Waals surface area contributed by atoms with E-state index in [1.807, 2.05) is 37.3 Å². The molecule has 0 saturated carbocycles. The van der Waals surface area contributed by atoms with E-state index < -0.39 is 6.10 Å². The largest absolute Gasteiger partial charge is 0.392 e. The molecule has 25 heavy (non-hydrogen) atoms. The van der Waals surface area contributed by atoms with Gasteiger partial charge in [0, 0.05) is 25.3 Å². The number of carbonyl (C=O) groups excluding carboxylic acids is 1. The van der Waals surface area contributed by atoms with Crippen LogP contribution in [0.3, 0.4) is 0 Å². The van der Waals surface area contributed by atoms with Crippen LogP contribution in [0.4, 0.5) is 5.69 Å². The van der Waals surface area contributed by atoms with Gasteiger partial charge in [0.25, 0.3) is 5.91 Å². The molecule has 1 aliphatic rings. The van der Waals surface area contributed by atoms with E-state index in [1.54, 1.807) is 6.07 Å². The number of ether oxygens (including phenoxy) is 1. The zero-order valence-electron chi connectivity index (χ0n) is 14.4. The number of hydrogen-bond donors (Lipinski definition) is 2. The van der Waals surface area contributed by atoms with Crippen LogP contribution in [0.1, 0.15) is 16.7 Å². The summed E-state index contributed by atoms with van der Waals surface area (Å²) in [6.07, 6.45) is -0.491. The van der Waals surface area contributed by atoms with Gasteiger partial charge in [-0.25, -0.2) is 0 Å². The molecule has 2 aromatic rings. The van der Waals surface area contributed by atoms with Crippen LogP contribution in [0.2, 0.25) is 0 Å². The third-order valence-corrected chi connectivity index (χ3v) is 4.43. The van der Waals surface area contributed by atoms with Crippen LogP contribution in [0.25, 0.3) is 0 Å². The van der Waals surface area contributed by atoms with Gasteiger partial charge in [-0.05, 0) is 29.7 Å². The number of hydrogen-bond acceptors (Lipinski definition) is 4. The first-order valence-corrected chi connectivity index (χ1v) is 8.55. The van der Waals surface area contributed by atoms with Crippen molar-refractivity contribution in [2.75, 3.05) is 25.0 Å². The highest BCUT2D eigenvalue weighted by Crippen LogP contribution is 2.18. The molecule has 2 N–H and O–H groups in total. The molecular formula is C20H24N2O3. The van der Waals surface area contributed by atoms with Gasteiger partial charge in [0.1, 0.15) is 6.10 Å². The van der Waals surface area contributed by atoms with Gasteiger partial charge < -0.3 is 15.2 Å². The van der Waals surface area contributed by atoms with E-state index in [0.717, 1.165) is 29.9 Å². The number of aliphatic hydroxyl groups excluding tert-OH is 1. The molecule has 3 rings (SSSR count). The smallest absolute Gasteiger partial charge is 0.254 e. The lowest BCUT2D eigenvalue weighted by molar-refractivity contribution is -0.133. The van der Waals surface area contributed by atoms with Crippen molar-refractivity contribution in [3.05, 3.63) is 65.2 Å². The third-order valence-electron chi connectivity index (χ3n) is 4.43. The zero-order valence-corrected chi connectivity index (χ0v) is 14.4. The van der Waals surface area contributed by atoms with Crippen LogP contribution in [-0.4, -0.2) is 41.7 Å². The van der Waals surface area contributed by atoms with Crippen LogP contribution in [0.15, 0.2) is 48.5 Å². The van der Waals surface area contributed by atoms with Crippen LogP contribution in [0, 0.1) is 6.92 Å². The summed E-state index contributed by atoms with van der Waals surface area (Å²) >= 11 is 0. The van der Waals surface area contributed by atoms with Gasteiger partial charge in [0.05, 0.1) is 13.2 Å². The number of amides is 1. The summed E-state index contributed by atoms with van der Waals surface area (Å²) in [6.45, 7) is 4.62. The van der Waals surface area contributed by atoms with Crippen molar-refractivity contribution >= 4 is 11.6 Å². The maximum Gasteiger partial charge on any atom is 0.254 e. The molecule has 1 saturated heterocycles. The topological polar surface area (TPSA) is 61.8 Å². The van der Waals surface area contributed by atoms with Crippen molar-refractivity contribution in [3.63, 3.8) is 0 Å². The summed E-state index contributed by atoms with van der Waals surface area (Å²) in [5.74, 6) is -0.143. The van der Waals surface area contributed by atoms with Crippen LogP contribution in [-0.2, 0) is 22.7 Å². The highest BCUT2D eigenvalue weighted by atomic mass is 16.5. The summed E-state index contributed by atoms with van der Waals surface area (Å²) in [6, 6.07) is 15.8. The number of rotatable bonds is 5. The minimum atomic E-state index is -0.491. The second-order valence-corrected chi connectivity index (χ2v) is 6.38. The number of anilines is 1. The predicted molar refractivity (Wildman–Crippen MR) is 97.2 cm³/mol. The quantitative estimate of drug-likeness (QED) is 0.877. The summed E-state index contributed by atoms with van der Waals surface area (Å²) in [5.41, 5.74) is 3.69. The summed E-state index contributed by atoms with van der Waals surface area (Å²) in [4.78, 5) is 14.8. The zero-order chi connectivity index (χ0) is 17.6. The fourth-order valence-corrected chi connectivity index (χ4v) is 2.96. The second-order valence-electron chi connectivity index (χ2n) is 6.38. The van der Waals surface area contributed by atoms with E-state index >= 15 is 0 Å². The summed E-state index contributed by atoms with van der Waals surface area (Å²) in [5, 5.41) is 12.2. The number of carbonyl (C=O) groups is 1. The number of benzene rings is 2. The van der Waals surface area contributed by atoms with Crippen molar-refractivity contribution in [3.8, 4) is 0 Å².